The predicted octanol–water partition coefficient (Wildman–Crippen LogP) is 2.16. The zero-order chi connectivity index (χ0) is 15.5. The van der Waals surface area contributed by atoms with Gasteiger partial charge in [0.25, 0.3) is 5.69 Å². The van der Waals surface area contributed by atoms with Crippen LogP contribution in [0.3, 0.4) is 0 Å². The van der Waals surface area contributed by atoms with Crippen LogP contribution in [0.1, 0.15) is 32.6 Å². The molecule has 21 heavy (non-hydrogen) atoms. The van der Waals surface area contributed by atoms with Crippen LogP contribution in [-0.4, -0.2) is 28.0 Å². The zero-order valence-electron chi connectivity index (χ0n) is 11.9. The fourth-order valence-electron chi connectivity index (χ4n) is 2.80. The summed E-state index contributed by atoms with van der Waals surface area (Å²) in [4.78, 5) is 22.9. The Bertz CT molecular complexity index is 553. The Balaban J connectivity index is 2.29. The summed E-state index contributed by atoms with van der Waals surface area (Å²) in [6, 6.07) is 3.94. The monoisotopic (exact) mass is 293 g/mol. The molecule has 3 N–H and O–H groups in total. The van der Waals surface area contributed by atoms with Gasteiger partial charge in [-0.1, -0.05) is 19.4 Å². The lowest BCUT2D eigenvalue weighted by atomic mass is 9.90. The van der Waals surface area contributed by atoms with Gasteiger partial charge < -0.3 is 15.7 Å². The van der Waals surface area contributed by atoms with E-state index in [1.165, 1.54) is 18.2 Å². The average molecular weight is 293 g/mol. The maximum atomic E-state index is 12.5. The predicted molar refractivity (Wildman–Crippen MR) is 78.3 cm³/mol. The maximum Gasteiger partial charge on any atom is 0.296 e. The molecule has 1 heterocycles. The molecule has 7 heteroatoms. The lowest BCUT2D eigenvalue weighted by Crippen LogP contribution is -2.50. The second-order valence-electron chi connectivity index (χ2n) is 5.24. The average Bonchev–Trinajstić information content (AvgIpc) is 2.91. The number of para-hydroxylation sites is 1. The topological polar surface area (TPSA) is 104 Å². The number of hydrogen-bond donors (Lipinski definition) is 3. The van der Waals surface area contributed by atoms with Crippen LogP contribution in [0.2, 0.25) is 0 Å². The molecule has 0 radical (unpaired) electrons. The number of phenols is 1. The molecule has 1 aliphatic heterocycles. The molecule has 0 saturated carbocycles. The van der Waals surface area contributed by atoms with Crippen LogP contribution in [0, 0.1) is 10.1 Å². The number of nitrogens with zero attached hydrogens (tertiary/aromatic N) is 1. The molecule has 1 aliphatic rings. The number of anilines is 1. The Kier molecular flexibility index (Phi) is 4.42. The van der Waals surface area contributed by atoms with Gasteiger partial charge in [0.15, 0.2) is 5.69 Å². The van der Waals surface area contributed by atoms with Gasteiger partial charge in [0.1, 0.15) is 5.75 Å². The van der Waals surface area contributed by atoms with Crippen LogP contribution in [0.5, 0.6) is 5.75 Å². The highest BCUT2D eigenvalue weighted by atomic mass is 16.6. The van der Waals surface area contributed by atoms with Gasteiger partial charge in [0.2, 0.25) is 5.91 Å². The van der Waals surface area contributed by atoms with E-state index in [4.69, 9.17) is 0 Å². The zero-order valence-corrected chi connectivity index (χ0v) is 11.9. The van der Waals surface area contributed by atoms with Gasteiger partial charge in [-0.2, -0.15) is 0 Å². The lowest BCUT2D eigenvalue weighted by Gasteiger charge is -2.27. The van der Waals surface area contributed by atoms with E-state index in [-0.39, 0.29) is 23.0 Å². The number of nitro benzene ring substituents is 1. The molecule has 2 rings (SSSR count). The van der Waals surface area contributed by atoms with Gasteiger partial charge in [-0.25, -0.2) is 0 Å². The maximum absolute atomic E-state index is 12.5. The first-order valence-corrected chi connectivity index (χ1v) is 7.03. The summed E-state index contributed by atoms with van der Waals surface area (Å²) < 4.78 is 0. The molecular formula is C14H19N3O4. The van der Waals surface area contributed by atoms with Crippen molar-refractivity contribution in [2.45, 2.75) is 38.1 Å². The van der Waals surface area contributed by atoms with Crippen LogP contribution in [0.15, 0.2) is 18.2 Å². The van der Waals surface area contributed by atoms with Gasteiger partial charge in [0.05, 0.1) is 10.5 Å². The molecule has 1 atom stereocenters. The van der Waals surface area contributed by atoms with E-state index in [0.29, 0.717) is 12.8 Å². The number of carbonyl (C=O) groups excluding carboxylic acids is 1. The normalized spacial score (nSPS) is 21.2. The Labute approximate surface area is 122 Å². The molecule has 0 aromatic heterocycles. The third kappa shape index (κ3) is 2.97. The first-order chi connectivity index (χ1) is 10.00. The molecule has 1 aromatic carbocycles. The molecule has 0 spiro atoms. The highest BCUT2D eigenvalue weighted by Gasteiger charge is 2.40. The smallest absolute Gasteiger partial charge is 0.296 e. The third-order valence-electron chi connectivity index (χ3n) is 3.81. The van der Waals surface area contributed by atoms with Crippen molar-refractivity contribution < 1.29 is 14.8 Å². The summed E-state index contributed by atoms with van der Waals surface area (Å²) in [5.41, 5.74) is -1.16. The van der Waals surface area contributed by atoms with Crippen molar-refractivity contribution >= 4 is 17.3 Å². The van der Waals surface area contributed by atoms with Gasteiger partial charge in [0, 0.05) is 6.07 Å². The number of nitrogens with one attached hydrogen (secondary N) is 2. The standard InChI is InChI=1S/C14H19N3O4/c1-2-7-14(8-4-9-15-14)13(19)16-12-10(17(20)21)5-3-6-11(12)18/h3,5-6,15,18H,2,4,7-9H2,1H3,(H,16,19). The first kappa shape index (κ1) is 15.2. The minimum absolute atomic E-state index is 0.142. The molecule has 0 bridgehead atoms. The number of hydrogen-bond acceptors (Lipinski definition) is 5. The summed E-state index contributed by atoms with van der Waals surface area (Å²) in [6.07, 6.45) is 3.05. The van der Waals surface area contributed by atoms with Crippen molar-refractivity contribution in [3.63, 3.8) is 0 Å². The molecule has 1 unspecified atom stereocenters. The molecule has 1 amide bonds. The molecule has 0 aliphatic carbocycles. The Morgan fingerprint density at radius 3 is 2.90 bits per heavy atom. The second kappa shape index (κ2) is 6.09. The Morgan fingerprint density at radius 1 is 1.57 bits per heavy atom. The van der Waals surface area contributed by atoms with Crippen LogP contribution in [0.4, 0.5) is 11.4 Å². The Hall–Kier alpha value is -2.15. The van der Waals surface area contributed by atoms with E-state index in [1.807, 2.05) is 6.92 Å². The Morgan fingerprint density at radius 2 is 2.33 bits per heavy atom. The van der Waals surface area contributed by atoms with Crippen molar-refractivity contribution in [1.82, 2.24) is 5.32 Å². The van der Waals surface area contributed by atoms with E-state index in [2.05, 4.69) is 10.6 Å². The fourth-order valence-corrected chi connectivity index (χ4v) is 2.80. The molecule has 1 aromatic rings. The van der Waals surface area contributed by atoms with Crippen molar-refractivity contribution in [2.75, 3.05) is 11.9 Å². The highest BCUT2D eigenvalue weighted by molar-refractivity contribution is 6.01. The van der Waals surface area contributed by atoms with Crippen LogP contribution < -0.4 is 10.6 Å². The number of phenolic OH excluding ortho intramolecular Hbond substituents is 1. The minimum atomic E-state index is -0.703. The quantitative estimate of drug-likeness (QED) is 0.438. The largest absolute Gasteiger partial charge is 0.505 e. The SMILES string of the molecule is CCCC1(C(=O)Nc2c(O)cccc2[N+](=O)[O-])CCCN1. The van der Waals surface area contributed by atoms with Gasteiger partial charge in [-0.15, -0.1) is 0 Å². The summed E-state index contributed by atoms with van der Waals surface area (Å²) >= 11 is 0. The second-order valence-corrected chi connectivity index (χ2v) is 5.24. The third-order valence-corrected chi connectivity index (χ3v) is 3.81. The van der Waals surface area contributed by atoms with Crippen molar-refractivity contribution in [3.8, 4) is 5.75 Å². The van der Waals surface area contributed by atoms with Crippen LogP contribution >= 0.6 is 0 Å². The van der Waals surface area contributed by atoms with Gasteiger partial charge in [-0.3, -0.25) is 14.9 Å². The summed E-state index contributed by atoms with van der Waals surface area (Å²) in [7, 11) is 0. The van der Waals surface area contributed by atoms with E-state index in [0.717, 1.165) is 19.4 Å². The van der Waals surface area contributed by atoms with Crippen LogP contribution in [0.25, 0.3) is 0 Å². The van der Waals surface area contributed by atoms with Crippen LogP contribution in [-0.2, 0) is 4.79 Å². The molecule has 114 valence electrons. The van der Waals surface area contributed by atoms with E-state index >= 15 is 0 Å². The number of nitro groups is 1. The fraction of sp³-hybridized carbons (Fsp3) is 0.500. The lowest BCUT2D eigenvalue weighted by molar-refractivity contribution is -0.384. The number of aromatic hydroxyl groups is 1. The first-order valence-electron chi connectivity index (χ1n) is 7.03. The molecule has 7 nitrogen and oxygen atoms in total. The number of amides is 1. The van der Waals surface area contributed by atoms with E-state index in [9.17, 15) is 20.0 Å². The van der Waals surface area contributed by atoms with E-state index in [1.54, 1.807) is 0 Å². The van der Waals surface area contributed by atoms with E-state index < -0.39 is 10.5 Å². The summed E-state index contributed by atoms with van der Waals surface area (Å²) in [5, 5.41) is 26.5. The van der Waals surface area contributed by atoms with Gasteiger partial charge in [-0.05, 0) is 31.9 Å². The molecular weight excluding hydrogens is 274 g/mol. The van der Waals surface area contributed by atoms with Crippen molar-refractivity contribution in [2.24, 2.45) is 0 Å². The summed E-state index contributed by atoms with van der Waals surface area (Å²) in [5.74, 6) is -0.631. The molecule has 1 saturated heterocycles. The number of benzene rings is 1. The highest BCUT2D eigenvalue weighted by Crippen LogP contribution is 2.35. The number of rotatable bonds is 5. The molecule has 1 fully saturated rings. The minimum Gasteiger partial charge on any atom is -0.505 e. The van der Waals surface area contributed by atoms with Gasteiger partial charge >= 0.3 is 0 Å². The van der Waals surface area contributed by atoms with Crippen molar-refractivity contribution in [3.05, 3.63) is 28.3 Å². The number of carbonyl (C=O) groups is 1. The van der Waals surface area contributed by atoms with Crippen molar-refractivity contribution in [1.29, 1.82) is 0 Å². The summed E-state index contributed by atoms with van der Waals surface area (Å²) in [6.45, 7) is 2.73.